The number of carbonyl (C=O) groups is 2. The second-order valence-electron chi connectivity index (χ2n) is 6.13. The predicted octanol–water partition coefficient (Wildman–Crippen LogP) is 2.04. The van der Waals surface area contributed by atoms with Gasteiger partial charge in [0.15, 0.2) is 0 Å². The van der Waals surface area contributed by atoms with Crippen LogP contribution in [0.15, 0.2) is 6.20 Å². The molecule has 2 rings (SSSR count). The van der Waals surface area contributed by atoms with Crippen molar-refractivity contribution in [3.63, 3.8) is 0 Å². The molecule has 3 N–H and O–H groups in total. The van der Waals surface area contributed by atoms with E-state index in [1.54, 1.807) is 6.92 Å². The lowest BCUT2D eigenvalue weighted by molar-refractivity contribution is -0.188. The molecule has 0 unspecified atom stereocenters. The van der Waals surface area contributed by atoms with E-state index in [0.29, 0.717) is 16.9 Å². The number of halogens is 3. The summed E-state index contributed by atoms with van der Waals surface area (Å²) in [6, 6.07) is -1.85. The van der Waals surface area contributed by atoms with Crippen LogP contribution in [0.3, 0.4) is 0 Å². The number of nitrogens with zero attached hydrogens (tertiary/aromatic N) is 1. The Labute approximate surface area is 137 Å². The Morgan fingerprint density at radius 2 is 2.00 bits per heavy atom. The first kappa shape index (κ1) is 18.3. The number of aryl methyl sites for hydroxylation is 1. The number of nitrogens with one attached hydrogen (secondary N) is 3. The highest BCUT2D eigenvalue weighted by Crippen LogP contribution is 2.31. The number of hydrogen-bond donors (Lipinski definition) is 3. The number of piperidine rings is 1. The summed E-state index contributed by atoms with van der Waals surface area (Å²) >= 11 is 0. The Kier molecular flexibility index (Phi) is 5.22. The van der Waals surface area contributed by atoms with Gasteiger partial charge in [-0.3, -0.25) is 14.5 Å². The first-order valence-electron chi connectivity index (χ1n) is 7.63. The van der Waals surface area contributed by atoms with Crippen LogP contribution in [-0.2, 0) is 4.79 Å². The first-order chi connectivity index (χ1) is 11.1. The molecule has 1 aliphatic heterocycles. The van der Waals surface area contributed by atoms with Crippen molar-refractivity contribution in [2.24, 2.45) is 0 Å². The van der Waals surface area contributed by atoms with E-state index in [1.807, 2.05) is 0 Å². The average molecular weight is 346 g/mol. The highest BCUT2D eigenvalue weighted by atomic mass is 19.4. The molecule has 2 amide bonds. The van der Waals surface area contributed by atoms with Gasteiger partial charge in [-0.1, -0.05) is 0 Å². The SMILES string of the molecule is CC(=O)Nc1c[nH]c(C)c1C(=O)N[C@@H]1CC[C@H](C(F)(F)F)N(C)C1. The Bertz CT molecular complexity index is 627. The Morgan fingerprint density at radius 1 is 1.33 bits per heavy atom. The molecular weight excluding hydrogens is 325 g/mol. The lowest BCUT2D eigenvalue weighted by atomic mass is 9.98. The minimum absolute atomic E-state index is 0.0599. The summed E-state index contributed by atoms with van der Waals surface area (Å²) in [6.07, 6.45) is -2.56. The van der Waals surface area contributed by atoms with E-state index in [0.717, 1.165) is 0 Å². The molecule has 9 heteroatoms. The van der Waals surface area contributed by atoms with E-state index >= 15 is 0 Å². The van der Waals surface area contributed by atoms with Crippen LogP contribution in [0.5, 0.6) is 0 Å². The zero-order valence-corrected chi connectivity index (χ0v) is 13.8. The molecule has 0 aliphatic carbocycles. The van der Waals surface area contributed by atoms with Crippen LogP contribution in [-0.4, -0.2) is 53.6 Å². The molecule has 1 aromatic rings. The Morgan fingerprint density at radius 3 is 2.54 bits per heavy atom. The lowest BCUT2D eigenvalue weighted by Crippen LogP contribution is -2.54. The molecule has 0 radical (unpaired) electrons. The maximum atomic E-state index is 12.9. The van der Waals surface area contributed by atoms with Crippen LogP contribution in [0.4, 0.5) is 18.9 Å². The van der Waals surface area contributed by atoms with E-state index in [2.05, 4.69) is 15.6 Å². The van der Waals surface area contributed by atoms with E-state index < -0.39 is 18.1 Å². The third kappa shape index (κ3) is 4.08. The van der Waals surface area contributed by atoms with Crippen molar-refractivity contribution in [2.75, 3.05) is 18.9 Å². The van der Waals surface area contributed by atoms with Crippen LogP contribution in [0.25, 0.3) is 0 Å². The fourth-order valence-electron chi connectivity index (χ4n) is 3.04. The van der Waals surface area contributed by atoms with Crippen molar-refractivity contribution in [3.8, 4) is 0 Å². The molecule has 1 saturated heterocycles. The van der Waals surface area contributed by atoms with Crippen molar-refractivity contribution in [1.82, 2.24) is 15.2 Å². The largest absolute Gasteiger partial charge is 0.404 e. The average Bonchev–Trinajstić information content (AvgIpc) is 2.77. The van der Waals surface area contributed by atoms with Gasteiger partial charge < -0.3 is 15.6 Å². The van der Waals surface area contributed by atoms with Gasteiger partial charge >= 0.3 is 6.18 Å². The molecule has 134 valence electrons. The zero-order valence-electron chi connectivity index (χ0n) is 13.8. The predicted molar refractivity (Wildman–Crippen MR) is 82.8 cm³/mol. The molecule has 0 bridgehead atoms. The van der Waals surface area contributed by atoms with Crippen molar-refractivity contribution in [3.05, 3.63) is 17.5 Å². The summed E-state index contributed by atoms with van der Waals surface area (Å²) in [7, 11) is 1.40. The van der Waals surface area contributed by atoms with Crippen LogP contribution in [0, 0.1) is 6.92 Å². The van der Waals surface area contributed by atoms with Gasteiger partial charge in [0.2, 0.25) is 5.91 Å². The number of carbonyl (C=O) groups excluding carboxylic acids is 2. The summed E-state index contributed by atoms with van der Waals surface area (Å²) in [4.78, 5) is 27.7. The quantitative estimate of drug-likeness (QED) is 0.784. The number of likely N-dealkylation sites (N-methyl/N-ethyl adjacent to an activating group) is 1. The lowest BCUT2D eigenvalue weighted by Gasteiger charge is -2.38. The number of likely N-dealkylation sites (tertiary alicyclic amines) is 1. The molecule has 1 fully saturated rings. The Hall–Kier alpha value is -2.03. The molecule has 0 spiro atoms. The second-order valence-corrected chi connectivity index (χ2v) is 6.13. The summed E-state index contributed by atoms with van der Waals surface area (Å²) < 4.78 is 38.6. The summed E-state index contributed by atoms with van der Waals surface area (Å²) in [6.45, 7) is 3.14. The molecule has 2 heterocycles. The fraction of sp³-hybridized carbons (Fsp3) is 0.600. The summed E-state index contributed by atoms with van der Waals surface area (Å²) in [5.41, 5.74) is 1.23. The molecule has 1 aromatic heterocycles. The maximum Gasteiger partial charge on any atom is 0.404 e. The number of hydrogen-bond acceptors (Lipinski definition) is 3. The van der Waals surface area contributed by atoms with Crippen molar-refractivity contribution >= 4 is 17.5 Å². The van der Waals surface area contributed by atoms with Crippen molar-refractivity contribution < 1.29 is 22.8 Å². The summed E-state index contributed by atoms with van der Waals surface area (Å²) in [5.74, 6) is -0.727. The molecule has 24 heavy (non-hydrogen) atoms. The first-order valence-corrected chi connectivity index (χ1v) is 7.63. The third-order valence-electron chi connectivity index (χ3n) is 4.16. The van der Waals surface area contributed by atoms with Gasteiger partial charge in [0.1, 0.15) is 6.04 Å². The van der Waals surface area contributed by atoms with E-state index in [4.69, 9.17) is 0 Å². The van der Waals surface area contributed by atoms with Crippen molar-refractivity contribution in [1.29, 1.82) is 0 Å². The smallest absolute Gasteiger partial charge is 0.363 e. The highest BCUT2D eigenvalue weighted by molar-refractivity contribution is 6.04. The molecular formula is C15H21F3N4O2. The van der Waals surface area contributed by atoms with Gasteiger partial charge in [0.05, 0.1) is 11.3 Å². The number of aromatic nitrogens is 1. The normalized spacial score (nSPS) is 22.2. The van der Waals surface area contributed by atoms with Gasteiger partial charge in [-0.25, -0.2) is 0 Å². The minimum atomic E-state index is -4.26. The minimum Gasteiger partial charge on any atom is -0.363 e. The topological polar surface area (TPSA) is 77.2 Å². The molecule has 0 aromatic carbocycles. The molecule has 2 atom stereocenters. The molecule has 1 aliphatic rings. The molecule has 0 saturated carbocycles. The van der Waals surface area contributed by atoms with Crippen molar-refractivity contribution in [2.45, 2.75) is 44.9 Å². The number of rotatable bonds is 3. The summed E-state index contributed by atoms with van der Waals surface area (Å²) in [5, 5.41) is 5.32. The monoisotopic (exact) mass is 346 g/mol. The maximum absolute atomic E-state index is 12.9. The number of amides is 2. The van der Waals surface area contributed by atoms with Gasteiger partial charge in [0, 0.05) is 31.4 Å². The number of anilines is 1. The second kappa shape index (κ2) is 6.84. The Balaban J connectivity index is 2.04. The zero-order chi connectivity index (χ0) is 18.1. The third-order valence-corrected chi connectivity index (χ3v) is 4.16. The molecule has 6 nitrogen and oxygen atoms in total. The van der Waals surface area contributed by atoms with Gasteiger partial charge in [-0.05, 0) is 26.8 Å². The van der Waals surface area contributed by atoms with E-state index in [-0.39, 0.29) is 31.3 Å². The number of H-pyrrole nitrogens is 1. The number of aromatic amines is 1. The van der Waals surface area contributed by atoms with Gasteiger partial charge in [-0.15, -0.1) is 0 Å². The van der Waals surface area contributed by atoms with Crippen LogP contribution in [0.1, 0.15) is 35.8 Å². The van der Waals surface area contributed by atoms with E-state index in [9.17, 15) is 22.8 Å². The van der Waals surface area contributed by atoms with Crippen LogP contribution >= 0.6 is 0 Å². The van der Waals surface area contributed by atoms with Crippen LogP contribution < -0.4 is 10.6 Å². The fourth-order valence-corrected chi connectivity index (χ4v) is 3.04. The van der Waals surface area contributed by atoms with Crippen LogP contribution in [0.2, 0.25) is 0 Å². The standard InChI is InChI=1S/C15H21F3N4O2/c1-8-13(11(6-19-8)20-9(2)23)14(24)21-10-4-5-12(15(16,17)18)22(3)7-10/h6,10,12,19H,4-5,7H2,1-3H3,(H,20,23)(H,21,24)/t10-,12-/m1/s1. The van der Waals surface area contributed by atoms with Gasteiger partial charge in [-0.2, -0.15) is 13.2 Å². The van der Waals surface area contributed by atoms with Gasteiger partial charge in [0.25, 0.3) is 5.91 Å². The number of alkyl halides is 3. The van der Waals surface area contributed by atoms with E-state index in [1.165, 1.54) is 25.1 Å². The highest BCUT2D eigenvalue weighted by Gasteiger charge is 2.45.